The van der Waals surface area contributed by atoms with Crippen LogP contribution < -0.4 is 11.1 Å². The molecule has 5 heteroatoms. The fraction of sp³-hybridized carbons (Fsp3) is 0.429. The number of rotatable bonds is 5. The van der Waals surface area contributed by atoms with Gasteiger partial charge in [0.1, 0.15) is 0 Å². The van der Waals surface area contributed by atoms with Crippen LogP contribution in [0, 0.1) is 18.3 Å². The Bertz CT molecular complexity index is 493. The summed E-state index contributed by atoms with van der Waals surface area (Å²) in [5.74, 6) is -0.0895. The molecule has 1 amide bonds. The van der Waals surface area contributed by atoms with Crippen molar-refractivity contribution in [1.29, 1.82) is 5.26 Å². The molecule has 0 aromatic heterocycles. The Kier molecular flexibility index (Phi) is 5.34. The van der Waals surface area contributed by atoms with Gasteiger partial charge >= 0.3 is 0 Å². The van der Waals surface area contributed by atoms with Gasteiger partial charge in [-0.3, -0.25) is 9.69 Å². The van der Waals surface area contributed by atoms with Gasteiger partial charge in [-0.2, -0.15) is 5.26 Å². The smallest absolute Gasteiger partial charge is 0.241 e. The molecule has 0 heterocycles. The highest BCUT2D eigenvalue weighted by atomic mass is 16.2. The molecule has 0 bridgehead atoms. The Morgan fingerprint density at radius 3 is 2.84 bits per heavy atom. The summed E-state index contributed by atoms with van der Waals surface area (Å²) >= 11 is 0. The van der Waals surface area contributed by atoms with E-state index in [0.717, 1.165) is 11.3 Å². The van der Waals surface area contributed by atoms with Gasteiger partial charge in [0.05, 0.1) is 12.1 Å². The van der Waals surface area contributed by atoms with E-state index in [-0.39, 0.29) is 11.9 Å². The van der Waals surface area contributed by atoms with Crippen LogP contribution in [-0.4, -0.2) is 30.4 Å². The monoisotopic (exact) mass is 260 g/mol. The van der Waals surface area contributed by atoms with Crippen LogP contribution in [0.2, 0.25) is 0 Å². The highest BCUT2D eigenvalue weighted by Gasteiger charge is 2.18. The summed E-state index contributed by atoms with van der Waals surface area (Å²) in [7, 11) is 1.83. The Balaban J connectivity index is 2.66. The van der Waals surface area contributed by atoms with Gasteiger partial charge in [-0.25, -0.2) is 0 Å². The maximum Gasteiger partial charge on any atom is 0.241 e. The summed E-state index contributed by atoms with van der Waals surface area (Å²) in [5, 5.41) is 11.4. The number of nitrogens with two attached hydrogens (primary N) is 1. The van der Waals surface area contributed by atoms with Crippen molar-refractivity contribution in [3.05, 3.63) is 23.8 Å². The van der Waals surface area contributed by atoms with E-state index in [1.807, 2.05) is 31.9 Å². The molecule has 0 saturated carbocycles. The molecular weight excluding hydrogens is 240 g/mol. The van der Waals surface area contributed by atoms with Crippen LogP contribution in [0.3, 0.4) is 0 Å². The lowest BCUT2D eigenvalue weighted by Crippen LogP contribution is -2.40. The van der Waals surface area contributed by atoms with Crippen molar-refractivity contribution in [2.75, 3.05) is 24.6 Å². The molecule has 0 radical (unpaired) electrons. The number of anilines is 2. The maximum atomic E-state index is 12.1. The predicted molar refractivity (Wildman–Crippen MR) is 76.5 cm³/mol. The lowest BCUT2D eigenvalue weighted by Gasteiger charge is -2.23. The van der Waals surface area contributed by atoms with Crippen LogP contribution in [-0.2, 0) is 4.79 Å². The summed E-state index contributed by atoms with van der Waals surface area (Å²) in [6.07, 6.45) is 0.412. The number of amides is 1. The van der Waals surface area contributed by atoms with Crippen molar-refractivity contribution in [3.63, 3.8) is 0 Å². The van der Waals surface area contributed by atoms with Gasteiger partial charge < -0.3 is 11.1 Å². The van der Waals surface area contributed by atoms with E-state index in [1.54, 1.807) is 12.1 Å². The van der Waals surface area contributed by atoms with Crippen molar-refractivity contribution in [1.82, 2.24) is 4.90 Å². The third-order valence-corrected chi connectivity index (χ3v) is 3.13. The van der Waals surface area contributed by atoms with Crippen LogP contribution in [0.1, 0.15) is 18.9 Å². The molecule has 1 atom stereocenters. The minimum absolute atomic E-state index is 0.0895. The van der Waals surface area contributed by atoms with Gasteiger partial charge in [0.15, 0.2) is 0 Å². The molecule has 5 nitrogen and oxygen atoms in total. The van der Waals surface area contributed by atoms with Crippen molar-refractivity contribution in [2.24, 2.45) is 0 Å². The summed E-state index contributed by atoms with van der Waals surface area (Å²) in [6, 6.07) is 7.16. The van der Waals surface area contributed by atoms with Crippen LogP contribution in [0.5, 0.6) is 0 Å². The Hall–Kier alpha value is -2.06. The number of nitrogens with one attached hydrogen (secondary N) is 1. The van der Waals surface area contributed by atoms with Crippen molar-refractivity contribution >= 4 is 17.3 Å². The van der Waals surface area contributed by atoms with Crippen molar-refractivity contribution in [3.8, 4) is 6.07 Å². The number of aryl methyl sites for hydroxylation is 1. The summed E-state index contributed by atoms with van der Waals surface area (Å²) in [6.45, 7) is 4.29. The van der Waals surface area contributed by atoms with Gasteiger partial charge in [0.25, 0.3) is 0 Å². The van der Waals surface area contributed by atoms with Gasteiger partial charge in [0, 0.05) is 24.3 Å². The highest BCUT2D eigenvalue weighted by Crippen LogP contribution is 2.18. The number of benzene rings is 1. The molecule has 19 heavy (non-hydrogen) atoms. The number of likely N-dealkylation sites (N-methyl/N-ethyl adjacent to an activating group) is 1. The number of hydrogen-bond donors (Lipinski definition) is 2. The van der Waals surface area contributed by atoms with E-state index in [1.165, 1.54) is 0 Å². The Labute approximate surface area is 114 Å². The zero-order valence-corrected chi connectivity index (χ0v) is 11.6. The molecule has 1 rings (SSSR count). The standard InChI is InChI=1S/C14H20N4O/c1-10-9-12(16)5-6-13(10)17-14(19)11(2)18(3)8-4-7-15/h5-6,9,11H,4,8,16H2,1-3H3,(H,17,19). The maximum absolute atomic E-state index is 12.1. The molecule has 0 aliphatic heterocycles. The molecule has 0 fully saturated rings. The van der Waals surface area contributed by atoms with E-state index in [9.17, 15) is 4.79 Å². The van der Waals surface area contributed by atoms with Gasteiger partial charge in [-0.05, 0) is 44.7 Å². The lowest BCUT2D eigenvalue weighted by atomic mass is 10.1. The normalized spacial score (nSPS) is 11.9. The molecule has 1 aromatic rings. The predicted octanol–water partition coefficient (Wildman–Crippen LogP) is 1.75. The summed E-state index contributed by atoms with van der Waals surface area (Å²) in [4.78, 5) is 13.9. The molecule has 1 aromatic carbocycles. The van der Waals surface area contributed by atoms with Gasteiger partial charge in [-0.1, -0.05) is 0 Å². The third-order valence-electron chi connectivity index (χ3n) is 3.13. The first-order valence-electron chi connectivity index (χ1n) is 6.20. The highest BCUT2D eigenvalue weighted by molar-refractivity contribution is 5.95. The van der Waals surface area contributed by atoms with Gasteiger partial charge in [0.2, 0.25) is 5.91 Å². The first kappa shape index (κ1) is 15.0. The van der Waals surface area contributed by atoms with Crippen molar-refractivity contribution < 1.29 is 4.79 Å². The molecule has 3 N–H and O–H groups in total. The number of hydrogen-bond acceptors (Lipinski definition) is 4. The molecule has 102 valence electrons. The second-order valence-corrected chi connectivity index (χ2v) is 4.63. The van der Waals surface area contributed by atoms with Crippen LogP contribution in [0.25, 0.3) is 0 Å². The van der Waals surface area contributed by atoms with Crippen LogP contribution in [0.4, 0.5) is 11.4 Å². The van der Waals surface area contributed by atoms with E-state index in [2.05, 4.69) is 11.4 Å². The lowest BCUT2D eigenvalue weighted by molar-refractivity contribution is -0.120. The second-order valence-electron chi connectivity index (χ2n) is 4.63. The first-order chi connectivity index (χ1) is 8.95. The molecule has 0 aliphatic carbocycles. The topological polar surface area (TPSA) is 82.2 Å². The molecule has 0 aliphatic rings. The fourth-order valence-corrected chi connectivity index (χ4v) is 1.68. The second kappa shape index (κ2) is 6.76. The zero-order valence-electron chi connectivity index (χ0n) is 11.6. The largest absolute Gasteiger partial charge is 0.399 e. The number of nitrogen functional groups attached to an aromatic ring is 1. The molecule has 0 saturated heterocycles. The minimum atomic E-state index is -0.287. The summed E-state index contributed by atoms with van der Waals surface area (Å²) < 4.78 is 0. The van der Waals surface area contributed by atoms with Crippen molar-refractivity contribution in [2.45, 2.75) is 26.3 Å². The van der Waals surface area contributed by atoms with Crippen LogP contribution in [0.15, 0.2) is 18.2 Å². The van der Waals surface area contributed by atoms with E-state index in [4.69, 9.17) is 11.0 Å². The number of nitriles is 1. The first-order valence-corrected chi connectivity index (χ1v) is 6.20. The average Bonchev–Trinajstić information content (AvgIpc) is 2.38. The fourth-order valence-electron chi connectivity index (χ4n) is 1.68. The zero-order chi connectivity index (χ0) is 14.4. The Morgan fingerprint density at radius 2 is 2.26 bits per heavy atom. The SMILES string of the molecule is Cc1cc(N)ccc1NC(=O)C(C)N(C)CCC#N. The molecular formula is C14H20N4O. The molecule has 0 spiro atoms. The van der Waals surface area contributed by atoms with Crippen LogP contribution >= 0.6 is 0 Å². The van der Waals surface area contributed by atoms with Gasteiger partial charge in [-0.15, -0.1) is 0 Å². The van der Waals surface area contributed by atoms with E-state index in [0.29, 0.717) is 18.7 Å². The quantitative estimate of drug-likeness (QED) is 0.790. The Morgan fingerprint density at radius 1 is 1.58 bits per heavy atom. The average molecular weight is 260 g/mol. The van der Waals surface area contributed by atoms with E-state index < -0.39 is 0 Å². The molecule has 1 unspecified atom stereocenters. The summed E-state index contributed by atoms with van der Waals surface area (Å²) in [5.41, 5.74) is 8.04. The third kappa shape index (κ3) is 4.27. The number of carbonyl (C=O) groups excluding carboxylic acids is 1. The number of carbonyl (C=O) groups is 1. The van der Waals surface area contributed by atoms with E-state index >= 15 is 0 Å². The number of nitrogens with zero attached hydrogens (tertiary/aromatic N) is 2. The minimum Gasteiger partial charge on any atom is -0.399 e.